The van der Waals surface area contributed by atoms with E-state index in [9.17, 15) is 0 Å². The van der Waals surface area contributed by atoms with E-state index in [-0.39, 0.29) is 0 Å². The van der Waals surface area contributed by atoms with E-state index >= 15 is 0 Å². The largest absolute Gasteiger partial charge is 0.381 e. The van der Waals surface area contributed by atoms with Gasteiger partial charge < -0.3 is 15.4 Å². The molecular formula is C14H24N4O. The van der Waals surface area contributed by atoms with Gasteiger partial charge in [0.05, 0.1) is 0 Å². The molecule has 0 aromatic carbocycles. The average Bonchev–Trinajstić information content (AvgIpc) is 3.27. The highest BCUT2D eigenvalue weighted by Crippen LogP contribution is 2.38. The van der Waals surface area contributed by atoms with Crippen LogP contribution in [-0.2, 0) is 4.74 Å². The molecule has 1 heterocycles. The smallest absolute Gasteiger partial charge is 0.136 e. The molecule has 0 radical (unpaired) electrons. The first-order valence-electron chi connectivity index (χ1n) is 7.21. The Balaban J connectivity index is 1.80. The normalized spacial score (nSPS) is 14.4. The Bertz CT molecular complexity index is 393. The van der Waals surface area contributed by atoms with E-state index in [1.807, 2.05) is 13.1 Å². The molecule has 1 aliphatic rings. The van der Waals surface area contributed by atoms with Crippen LogP contribution < -0.4 is 10.6 Å². The first-order chi connectivity index (χ1) is 9.33. The van der Waals surface area contributed by atoms with E-state index in [1.54, 1.807) is 0 Å². The molecule has 19 heavy (non-hydrogen) atoms. The standard InChI is InChI=1S/C14H24N4O/c1-3-8-19-9-4-7-16-13-10-12(15-2)17-14(18-13)11-5-6-11/h10-11H,3-9H2,1-2H3,(H2,15,16,17,18). The van der Waals surface area contributed by atoms with Crippen LogP contribution in [0.15, 0.2) is 6.07 Å². The van der Waals surface area contributed by atoms with Crippen molar-refractivity contribution in [3.8, 4) is 0 Å². The molecule has 0 spiro atoms. The van der Waals surface area contributed by atoms with Gasteiger partial charge in [0.1, 0.15) is 17.5 Å². The lowest BCUT2D eigenvalue weighted by molar-refractivity contribution is 0.134. The fourth-order valence-electron chi connectivity index (χ4n) is 1.85. The van der Waals surface area contributed by atoms with Crippen molar-refractivity contribution in [2.24, 2.45) is 0 Å². The molecule has 2 rings (SSSR count). The van der Waals surface area contributed by atoms with Gasteiger partial charge in [-0.15, -0.1) is 0 Å². The summed E-state index contributed by atoms with van der Waals surface area (Å²) >= 11 is 0. The molecule has 5 nitrogen and oxygen atoms in total. The van der Waals surface area contributed by atoms with E-state index in [0.717, 1.165) is 50.1 Å². The molecule has 1 fully saturated rings. The molecule has 0 saturated heterocycles. The van der Waals surface area contributed by atoms with E-state index in [4.69, 9.17) is 4.74 Å². The zero-order chi connectivity index (χ0) is 13.5. The van der Waals surface area contributed by atoms with Gasteiger partial charge in [0.2, 0.25) is 0 Å². The Kier molecular flexibility index (Phi) is 5.39. The Hall–Kier alpha value is -1.36. The summed E-state index contributed by atoms with van der Waals surface area (Å²) in [6.07, 6.45) is 4.52. The SMILES string of the molecule is CCCOCCCNc1cc(NC)nc(C2CC2)n1. The minimum atomic E-state index is 0.571. The van der Waals surface area contributed by atoms with Crippen molar-refractivity contribution in [3.63, 3.8) is 0 Å². The van der Waals surface area contributed by atoms with Crippen molar-refractivity contribution in [3.05, 3.63) is 11.9 Å². The van der Waals surface area contributed by atoms with Crippen molar-refractivity contribution < 1.29 is 4.74 Å². The topological polar surface area (TPSA) is 59.1 Å². The minimum Gasteiger partial charge on any atom is -0.381 e. The highest BCUT2D eigenvalue weighted by atomic mass is 16.5. The lowest BCUT2D eigenvalue weighted by Crippen LogP contribution is -2.09. The summed E-state index contributed by atoms with van der Waals surface area (Å²) in [7, 11) is 1.89. The maximum Gasteiger partial charge on any atom is 0.136 e. The van der Waals surface area contributed by atoms with Crippen LogP contribution in [0.2, 0.25) is 0 Å². The summed E-state index contributed by atoms with van der Waals surface area (Å²) in [5.41, 5.74) is 0. The lowest BCUT2D eigenvalue weighted by Gasteiger charge is -2.09. The Morgan fingerprint density at radius 1 is 1.26 bits per heavy atom. The molecular weight excluding hydrogens is 240 g/mol. The summed E-state index contributed by atoms with van der Waals surface area (Å²) in [6, 6.07) is 1.96. The molecule has 106 valence electrons. The van der Waals surface area contributed by atoms with Gasteiger partial charge in [-0.3, -0.25) is 0 Å². The van der Waals surface area contributed by atoms with Gasteiger partial charge in [0, 0.05) is 38.8 Å². The first-order valence-corrected chi connectivity index (χ1v) is 7.21. The molecule has 1 aromatic heterocycles. The zero-order valence-corrected chi connectivity index (χ0v) is 11.9. The quantitative estimate of drug-likeness (QED) is 0.671. The third kappa shape index (κ3) is 4.67. The van der Waals surface area contributed by atoms with Crippen molar-refractivity contribution in [1.82, 2.24) is 9.97 Å². The average molecular weight is 264 g/mol. The number of aromatic nitrogens is 2. The van der Waals surface area contributed by atoms with Gasteiger partial charge in [-0.25, -0.2) is 9.97 Å². The highest BCUT2D eigenvalue weighted by Gasteiger charge is 2.27. The van der Waals surface area contributed by atoms with Crippen LogP contribution in [0.25, 0.3) is 0 Å². The summed E-state index contributed by atoms with van der Waals surface area (Å²) in [5, 5.41) is 6.44. The highest BCUT2D eigenvalue weighted by molar-refractivity contribution is 5.47. The lowest BCUT2D eigenvalue weighted by atomic mass is 10.3. The number of rotatable bonds is 9. The zero-order valence-electron chi connectivity index (χ0n) is 11.9. The second kappa shape index (κ2) is 7.28. The predicted octanol–water partition coefficient (Wildman–Crippen LogP) is 2.62. The van der Waals surface area contributed by atoms with Gasteiger partial charge in [0.25, 0.3) is 0 Å². The van der Waals surface area contributed by atoms with Crippen molar-refractivity contribution in [2.45, 2.75) is 38.5 Å². The van der Waals surface area contributed by atoms with E-state index in [1.165, 1.54) is 12.8 Å². The Labute approximate surface area is 115 Å². The van der Waals surface area contributed by atoms with Crippen LogP contribution in [0.3, 0.4) is 0 Å². The number of hydrogen-bond donors (Lipinski definition) is 2. The molecule has 0 amide bonds. The van der Waals surface area contributed by atoms with Crippen LogP contribution in [0.1, 0.15) is 44.3 Å². The summed E-state index contributed by atoms with van der Waals surface area (Å²) in [5.74, 6) is 3.34. The number of nitrogens with zero attached hydrogens (tertiary/aromatic N) is 2. The van der Waals surface area contributed by atoms with Crippen LogP contribution in [0.5, 0.6) is 0 Å². The van der Waals surface area contributed by atoms with Gasteiger partial charge in [-0.05, 0) is 25.7 Å². The minimum absolute atomic E-state index is 0.571. The van der Waals surface area contributed by atoms with E-state index in [2.05, 4.69) is 27.5 Å². The molecule has 0 bridgehead atoms. The van der Waals surface area contributed by atoms with Crippen LogP contribution >= 0.6 is 0 Å². The van der Waals surface area contributed by atoms with Crippen molar-refractivity contribution in [1.29, 1.82) is 0 Å². The predicted molar refractivity (Wildman–Crippen MR) is 77.8 cm³/mol. The summed E-state index contributed by atoms with van der Waals surface area (Å²) < 4.78 is 5.45. The van der Waals surface area contributed by atoms with E-state index in [0.29, 0.717) is 5.92 Å². The summed E-state index contributed by atoms with van der Waals surface area (Å²) in [4.78, 5) is 9.07. The van der Waals surface area contributed by atoms with E-state index < -0.39 is 0 Å². The van der Waals surface area contributed by atoms with Crippen LogP contribution in [0.4, 0.5) is 11.6 Å². The second-order valence-electron chi connectivity index (χ2n) is 4.91. The molecule has 1 aromatic rings. The Morgan fingerprint density at radius 3 is 2.74 bits per heavy atom. The number of hydrogen-bond acceptors (Lipinski definition) is 5. The molecule has 2 N–H and O–H groups in total. The molecule has 0 aliphatic heterocycles. The maximum atomic E-state index is 5.45. The third-order valence-electron chi connectivity index (χ3n) is 3.06. The maximum absolute atomic E-state index is 5.45. The molecule has 1 aliphatic carbocycles. The molecule has 0 atom stereocenters. The third-order valence-corrected chi connectivity index (χ3v) is 3.06. The van der Waals surface area contributed by atoms with Gasteiger partial charge in [0.15, 0.2) is 0 Å². The Morgan fingerprint density at radius 2 is 2.05 bits per heavy atom. The number of anilines is 2. The summed E-state index contributed by atoms with van der Waals surface area (Å²) in [6.45, 7) is 4.66. The van der Waals surface area contributed by atoms with Crippen molar-refractivity contribution >= 4 is 11.6 Å². The van der Waals surface area contributed by atoms with Crippen LogP contribution in [-0.4, -0.2) is 36.8 Å². The monoisotopic (exact) mass is 264 g/mol. The number of ether oxygens (including phenoxy) is 1. The van der Waals surface area contributed by atoms with Crippen LogP contribution in [0, 0.1) is 0 Å². The van der Waals surface area contributed by atoms with Gasteiger partial charge in [-0.1, -0.05) is 6.92 Å². The van der Waals surface area contributed by atoms with Gasteiger partial charge in [-0.2, -0.15) is 0 Å². The second-order valence-corrected chi connectivity index (χ2v) is 4.91. The molecule has 1 saturated carbocycles. The first kappa shape index (κ1) is 14.1. The molecule has 0 unspecified atom stereocenters. The fraction of sp³-hybridized carbons (Fsp3) is 0.714. The fourth-order valence-corrected chi connectivity index (χ4v) is 1.85. The number of nitrogens with one attached hydrogen (secondary N) is 2. The molecule has 5 heteroatoms. The van der Waals surface area contributed by atoms with Gasteiger partial charge >= 0.3 is 0 Å². The van der Waals surface area contributed by atoms with Crippen molar-refractivity contribution in [2.75, 3.05) is 37.4 Å².